The number of hydrogen-bond acceptors (Lipinski definition) is 4. The van der Waals surface area contributed by atoms with E-state index in [1.165, 1.54) is 0 Å². The molecule has 1 rings (SSSR count). The number of aryl methyl sites for hydroxylation is 1. The molecular formula is C15H24N2O3. The van der Waals surface area contributed by atoms with Crippen LogP contribution >= 0.6 is 0 Å². The number of ether oxygens (including phenoxy) is 2. The summed E-state index contributed by atoms with van der Waals surface area (Å²) in [7, 11) is 1.64. The minimum atomic E-state index is 0.0691. The van der Waals surface area contributed by atoms with Crippen LogP contribution in [0.1, 0.15) is 18.4 Å². The molecule has 0 aliphatic carbocycles. The first-order chi connectivity index (χ1) is 9.76. The second kappa shape index (κ2) is 10.2. The molecule has 0 aromatic heterocycles. The predicted molar refractivity (Wildman–Crippen MR) is 78.8 cm³/mol. The van der Waals surface area contributed by atoms with E-state index in [2.05, 4.69) is 5.32 Å². The summed E-state index contributed by atoms with van der Waals surface area (Å²) in [4.78, 5) is 11.6. The highest BCUT2D eigenvalue weighted by atomic mass is 16.5. The van der Waals surface area contributed by atoms with Crippen LogP contribution in [0.5, 0.6) is 5.75 Å². The van der Waals surface area contributed by atoms with Crippen molar-refractivity contribution >= 4 is 5.91 Å². The maximum atomic E-state index is 11.6. The minimum absolute atomic E-state index is 0.0691. The van der Waals surface area contributed by atoms with Crippen molar-refractivity contribution in [3.05, 3.63) is 29.8 Å². The molecule has 20 heavy (non-hydrogen) atoms. The molecule has 0 unspecified atom stereocenters. The largest absolute Gasteiger partial charge is 0.497 e. The van der Waals surface area contributed by atoms with Gasteiger partial charge >= 0.3 is 0 Å². The molecule has 1 aromatic carbocycles. The van der Waals surface area contributed by atoms with Crippen molar-refractivity contribution in [3.8, 4) is 5.75 Å². The van der Waals surface area contributed by atoms with Gasteiger partial charge in [0.25, 0.3) is 0 Å². The number of rotatable bonds is 10. The van der Waals surface area contributed by atoms with Crippen molar-refractivity contribution in [2.75, 3.05) is 33.4 Å². The van der Waals surface area contributed by atoms with E-state index in [0.29, 0.717) is 32.7 Å². The van der Waals surface area contributed by atoms with Gasteiger partial charge in [0.05, 0.1) is 13.7 Å². The Kier molecular flexibility index (Phi) is 8.42. The maximum Gasteiger partial charge on any atom is 0.220 e. The highest BCUT2D eigenvalue weighted by Gasteiger charge is 2.02. The fourth-order valence-electron chi connectivity index (χ4n) is 1.73. The lowest BCUT2D eigenvalue weighted by Crippen LogP contribution is -2.25. The Bertz CT molecular complexity index is 379. The van der Waals surface area contributed by atoms with Gasteiger partial charge in [0.1, 0.15) is 5.75 Å². The third-order valence-electron chi connectivity index (χ3n) is 2.85. The summed E-state index contributed by atoms with van der Waals surface area (Å²) in [5.74, 6) is 0.898. The topological polar surface area (TPSA) is 73.6 Å². The molecule has 0 aliphatic heterocycles. The average molecular weight is 280 g/mol. The molecule has 0 saturated heterocycles. The first-order valence-corrected chi connectivity index (χ1v) is 6.93. The van der Waals surface area contributed by atoms with E-state index in [4.69, 9.17) is 15.2 Å². The molecule has 0 aliphatic rings. The molecular weight excluding hydrogens is 256 g/mol. The van der Waals surface area contributed by atoms with Gasteiger partial charge in [-0.15, -0.1) is 0 Å². The van der Waals surface area contributed by atoms with E-state index in [1.807, 2.05) is 24.3 Å². The second-order valence-corrected chi connectivity index (χ2v) is 4.45. The van der Waals surface area contributed by atoms with Crippen molar-refractivity contribution in [2.24, 2.45) is 5.73 Å². The number of hydrogen-bond donors (Lipinski definition) is 2. The third kappa shape index (κ3) is 7.11. The van der Waals surface area contributed by atoms with Crippen LogP contribution in [-0.4, -0.2) is 39.3 Å². The number of carbonyl (C=O) groups is 1. The van der Waals surface area contributed by atoms with Gasteiger partial charge in [0, 0.05) is 26.1 Å². The molecule has 3 N–H and O–H groups in total. The minimum Gasteiger partial charge on any atom is -0.497 e. The molecule has 0 fully saturated rings. The van der Waals surface area contributed by atoms with E-state index < -0.39 is 0 Å². The van der Waals surface area contributed by atoms with Crippen LogP contribution in [0.2, 0.25) is 0 Å². The lowest BCUT2D eigenvalue weighted by atomic mass is 10.1. The summed E-state index contributed by atoms with van der Waals surface area (Å²) < 4.78 is 10.3. The summed E-state index contributed by atoms with van der Waals surface area (Å²) >= 11 is 0. The van der Waals surface area contributed by atoms with Crippen molar-refractivity contribution in [1.29, 1.82) is 0 Å². The molecule has 0 atom stereocenters. The van der Waals surface area contributed by atoms with E-state index in [0.717, 1.165) is 24.2 Å². The first kappa shape index (κ1) is 16.5. The van der Waals surface area contributed by atoms with Gasteiger partial charge in [-0.05, 0) is 30.5 Å². The lowest BCUT2D eigenvalue weighted by molar-refractivity contribution is -0.121. The van der Waals surface area contributed by atoms with E-state index in [9.17, 15) is 4.79 Å². The van der Waals surface area contributed by atoms with Gasteiger partial charge in [0.15, 0.2) is 0 Å². The zero-order valence-electron chi connectivity index (χ0n) is 12.1. The van der Waals surface area contributed by atoms with Crippen molar-refractivity contribution in [1.82, 2.24) is 5.32 Å². The lowest BCUT2D eigenvalue weighted by Gasteiger charge is -2.06. The zero-order chi connectivity index (χ0) is 14.6. The van der Waals surface area contributed by atoms with Crippen LogP contribution < -0.4 is 15.8 Å². The van der Waals surface area contributed by atoms with Crippen LogP contribution in [-0.2, 0) is 16.0 Å². The fourth-order valence-corrected chi connectivity index (χ4v) is 1.73. The smallest absolute Gasteiger partial charge is 0.220 e. The molecule has 1 amide bonds. The van der Waals surface area contributed by atoms with Gasteiger partial charge < -0.3 is 20.5 Å². The highest BCUT2D eigenvalue weighted by molar-refractivity contribution is 5.76. The van der Waals surface area contributed by atoms with Crippen LogP contribution in [0.25, 0.3) is 0 Å². The van der Waals surface area contributed by atoms with Gasteiger partial charge in [-0.25, -0.2) is 0 Å². The van der Waals surface area contributed by atoms with E-state index >= 15 is 0 Å². The van der Waals surface area contributed by atoms with Crippen LogP contribution in [0.4, 0.5) is 0 Å². The maximum absolute atomic E-state index is 11.6. The average Bonchev–Trinajstić information content (AvgIpc) is 2.49. The predicted octanol–water partition coefficient (Wildman–Crippen LogP) is 1.11. The number of amides is 1. The van der Waals surface area contributed by atoms with Crippen LogP contribution in [0, 0.1) is 0 Å². The highest BCUT2D eigenvalue weighted by Crippen LogP contribution is 2.12. The number of benzene rings is 1. The molecule has 112 valence electrons. The Labute approximate surface area is 120 Å². The molecule has 0 spiro atoms. The van der Waals surface area contributed by atoms with Crippen LogP contribution in [0.3, 0.4) is 0 Å². The monoisotopic (exact) mass is 280 g/mol. The number of nitrogens with one attached hydrogen (secondary N) is 1. The van der Waals surface area contributed by atoms with Crippen molar-refractivity contribution in [2.45, 2.75) is 19.3 Å². The van der Waals surface area contributed by atoms with Crippen molar-refractivity contribution in [3.63, 3.8) is 0 Å². The van der Waals surface area contributed by atoms with Gasteiger partial charge in [-0.2, -0.15) is 0 Å². The summed E-state index contributed by atoms with van der Waals surface area (Å²) in [5.41, 5.74) is 6.43. The fraction of sp³-hybridized carbons (Fsp3) is 0.533. The summed E-state index contributed by atoms with van der Waals surface area (Å²) in [6.07, 6.45) is 2.05. The van der Waals surface area contributed by atoms with Gasteiger partial charge in [0.2, 0.25) is 5.91 Å². The number of nitrogens with two attached hydrogens (primary N) is 1. The molecule has 0 radical (unpaired) electrons. The Hall–Kier alpha value is -1.59. The molecule has 5 nitrogen and oxygen atoms in total. The Morgan fingerprint density at radius 3 is 2.65 bits per heavy atom. The summed E-state index contributed by atoms with van der Waals surface area (Å²) in [5, 5.41) is 2.88. The molecule has 0 bridgehead atoms. The SMILES string of the molecule is COc1ccc(CCC(=O)NCCCOCCN)cc1. The second-order valence-electron chi connectivity index (χ2n) is 4.45. The molecule has 0 heterocycles. The van der Waals surface area contributed by atoms with Gasteiger partial charge in [-0.3, -0.25) is 4.79 Å². The normalized spacial score (nSPS) is 10.3. The summed E-state index contributed by atoms with van der Waals surface area (Å²) in [6.45, 7) is 2.39. The first-order valence-electron chi connectivity index (χ1n) is 6.93. The zero-order valence-corrected chi connectivity index (χ0v) is 12.1. The molecule has 0 saturated carbocycles. The Balaban J connectivity index is 2.10. The third-order valence-corrected chi connectivity index (χ3v) is 2.85. The van der Waals surface area contributed by atoms with E-state index in [-0.39, 0.29) is 5.91 Å². The number of carbonyl (C=O) groups excluding carboxylic acids is 1. The quantitative estimate of drug-likeness (QED) is 0.630. The molecule has 1 aromatic rings. The van der Waals surface area contributed by atoms with Gasteiger partial charge in [-0.1, -0.05) is 12.1 Å². The van der Waals surface area contributed by atoms with E-state index in [1.54, 1.807) is 7.11 Å². The summed E-state index contributed by atoms with van der Waals surface area (Å²) in [6, 6.07) is 7.77. The standard InChI is InChI=1S/C15H24N2O3/c1-19-14-6-3-13(4-7-14)5-8-15(18)17-10-2-11-20-12-9-16/h3-4,6-7H,2,5,8-12,16H2,1H3,(H,17,18). The Morgan fingerprint density at radius 1 is 1.25 bits per heavy atom. The Morgan fingerprint density at radius 2 is 2.00 bits per heavy atom. The van der Waals surface area contributed by atoms with Crippen molar-refractivity contribution < 1.29 is 14.3 Å². The van der Waals surface area contributed by atoms with Crippen LogP contribution in [0.15, 0.2) is 24.3 Å². The number of methoxy groups -OCH3 is 1. The molecule has 5 heteroatoms.